The molecule has 3 heterocycles. The second-order valence-corrected chi connectivity index (χ2v) is 12.8. The van der Waals surface area contributed by atoms with E-state index in [0.29, 0.717) is 11.6 Å². The smallest absolute Gasteiger partial charge is 0.323 e. The van der Waals surface area contributed by atoms with Gasteiger partial charge in [0.25, 0.3) is 5.56 Å². The number of esters is 1. The van der Waals surface area contributed by atoms with Crippen LogP contribution in [0.3, 0.4) is 0 Å². The minimum absolute atomic E-state index is 0.00687. The van der Waals surface area contributed by atoms with Crippen molar-refractivity contribution in [1.29, 1.82) is 0 Å². The van der Waals surface area contributed by atoms with Crippen molar-refractivity contribution in [2.24, 2.45) is 0 Å². The van der Waals surface area contributed by atoms with E-state index in [1.165, 1.54) is 17.8 Å². The molecule has 6 atom stereocenters. The molecule has 1 fully saturated rings. The normalized spacial score (nSPS) is 25.5. The maximum atomic E-state index is 15.9. The lowest BCUT2D eigenvalue weighted by Crippen LogP contribution is -2.41. The van der Waals surface area contributed by atoms with E-state index in [1.807, 2.05) is 0 Å². The molecule has 1 aliphatic rings. The fraction of sp³-hybridized carbons (Fsp3) is 0.500. The van der Waals surface area contributed by atoms with Crippen molar-refractivity contribution in [1.82, 2.24) is 24.6 Å². The van der Waals surface area contributed by atoms with Gasteiger partial charge in [0.05, 0.1) is 19.0 Å². The van der Waals surface area contributed by atoms with E-state index in [-0.39, 0.29) is 23.9 Å². The van der Waals surface area contributed by atoms with Crippen molar-refractivity contribution in [2.45, 2.75) is 70.9 Å². The Kier molecular flexibility index (Phi) is 8.55. The number of carbonyl (C=O) groups excluding carboxylic acids is 1. The van der Waals surface area contributed by atoms with Crippen molar-refractivity contribution < 1.29 is 32.8 Å². The predicted molar refractivity (Wildman–Crippen MR) is 143 cm³/mol. The number of aryl methyl sites for hydroxylation is 1. The number of imidazole rings is 1. The summed E-state index contributed by atoms with van der Waals surface area (Å²) < 4.78 is 40.2. The zero-order valence-corrected chi connectivity index (χ0v) is 23.7. The maximum absolute atomic E-state index is 15.9. The number of nitrogens with one attached hydrogen (secondary N) is 2. The second kappa shape index (κ2) is 11.4. The Morgan fingerprint density at radius 2 is 2.05 bits per heavy atom. The minimum Gasteiger partial charge on any atom is -0.462 e. The lowest BCUT2D eigenvalue weighted by molar-refractivity contribution is -0.149. The molecule has 212 valence electrons. The number of aliphatic hydroxyl groups is 1. The van der Waals surface area contributed by atoms with E-state index in [4.69, 9.17) is 30.3 Å². The summed E-state index contributed by atoms with van der Waals surface area (Å²) in [5, 5.41) is 13.8. The molecule has 1 aromatic carbocycles. The zero-order chi connectivity index (χ0) is 28.5. The highest BCUT2D eigenvalue weighted by molar-refractivity contribution is 8.09. The molecule has 15 heteroatoms. The molecular formula is C24H31FN5O7PS. The molecule has 39 heavy (non-hydrogen) atoms. The molecule has 3 N–H and O–H groups in total. The van der Waals surface area contributed by atoms with Gasteiger partial charge in [-0.1, -0.05) is 18.2 Å². The summed E-state index contributed by atoms with van der Waals surface area (Å²) in [5.41, 5.74) is -2.68. The van der Waals surface area contributed by atoms with Crippen molar-refractivity contribution in [2.75, 3.05) is 6.61 Å². The summed E-state index contributed by atoms with van der Waals surface area (Å²) >= 11 is 5.68. The average Bonchev–Trinajstić information content (AvgIpc) is 3.36. The number of aromatic nitrogens is 4. The van der Waals surface area contributed by atoms with E-state index in [0.717, 1.165) is 0 Å². The minimum atomic E-state index is -3.46. The Morgan fingerprint density at radius 3 is 2.72 bits per heavy atom. The quantitative estimate of drug-likeness (QED) is 0.239. The van der Waals surface area contributed by atoms with Crippen LogP contribution in [0.25, 0.3) is 11.2 Å². The summed E-state index contributed by atoms with van der Waals surface area (Å²) in [5.74, 6) is 0.136. The monoisotopic (exact) mass is 583 g/mol. The van der Waals surface area contributed by atoms with Crippen LogP contribution in [0.5, 0.6) is 5.75 Å². The third-order valence-electron chi connectivity index (χ3n) is 5.96. The topological polar surface area (TPSA) is 150 Å². The third kappa shape index (κ3) is 6.37. The molecule has 0 spiro atoms. The number of alkyl halides is 1. The summed E-state index contributed by atoms with van der Waals surface area (Å²) in [4.78, 5) is 35.5. The number of hydrogen-bond donors (Lipinski definition) is 3. The van der Waals surface area contributed by atoms with Gasteiger partial charge in [0, 0.05) is 0 Å². The molecule has 12 nitrogen and oxygen atoms in total. The first-order valence-corrected chi connectivity index (χ1v) is 14.9. The van der Waals surface area contributed by atoms with Crippen molar-refractivity contribution in [3.63, 3.8) is 0 Å². The number of nitrogens with zero attached hydrogens (tertiary/aromatic N) is 3. The van der Waals surface area contributed by atoms with E-state index < -0.39 is 48.3 Å². The highest BCUT2D eigenvalue weighted by Gasteiger charge is 2.55. The van der Waals surface area contributed by atoms with Gasteiger partial charge >= 0.3 is 12.6 Å². The van der Waals surface area contributed by atoms with Gasteiger partial charge in [0.15, 0.2) is 23.1 Å². The number of halogens is 1. The van der Waals surface area contributed by atoms with E-state index in [9.17, 15) is 14.7 Å². The van der Waals surface area contributed by atoms with Crippen LogP contribution < -0.4 is 15.2 Å². The third-order valence-corrected chi connectivity index (χ3v) is 8.45. The molecule has 4 rings (SSSR count). The van der Waals surface area contributed by atoms with Crippen LogP contribution in [0.1, 0.15) is 39.7 Å². The Hall–Kier alpha value is -2.74. The lowest BCUT2D eigenvalue weighted by Gasteiger charge is -2.28. The highest BCUT2D eigenvalue weighted by Crippen LogP contribution is 2.48. The molecule has 0 radical (unpaired) electrons. The van der Waals surface area contributed by atoms with E-state index in [2.05, 4.69) is 20.0 Å². The van der Waals surface area contributed by atoms with Gasteiger partial charge in [-0.05, 0) is 58.6 Å². The number of hydrogen-bond acceptors (Lipinski definition) is 10. The molecular weight excluding hydrogens is 552 g/mol. The number of H-pyrrole nitrogens is 1. The fourth-order valence-electron chi connectivity index (χ4n) is 4.06. The summed E-state index contributed by atoms with van der Waals surface area (Å²) in [6.07, 6.45) is -3.32. The van der Waals surface area contributed by atoms with Crippen LogP contribution in [0.15, 0.2) is 41.5 Å². The average molecular weight is 584 g/mol. The Labute approximate surface area is 229 Å². The van der Waals surface area contributed by atoms with Gasteiger partial charge in [-0.3, -0.25) is 14.2 Å². The summed E-state index contributed by atoms with van der Waals surface area (Å²) in [6, 6.07) is 7.72. The van der Waals surface area contributed by atoms with E-state index in [1.54, 1.807) is 58.0 Å². The number of carbonyl (C=O) groups is 1. The molecule has 0 amide bonds. The van der Waals surface area contributed by atoms with Crippen LogP contribution in [-0.2, 0) is 30.6 Å². The lowest BCUT2D eigenvalue weighted by atomic mass is 9.98. The number of fused-ring (bicyclic) bond motifs is 1. The van der Waals surface area contributed by atoms with Crippen molar-refractivity contribution in [3.05, 3.63) is 52.8 Å². The number of benzene rings is 1. The van der Waals surface area contributed by atoms with Gasteiger partial charge in [0.1, 0.15) is 29.8 Å². The summed E-state index contributed by atoms with van der Waals surface area (Å²) in [7, 11) is 0. The highest BCUT2D eigenvalue weighted by atomic mass is 32.5. The molecule has 2 unspecified atom stereocenters. The SMILES string of the molecule is Cc1nc2c(ncn2[C@@H]2O[C@H](COP(=S)(NC(C)C(=O)OC(C)C)Oc3ccccc3)[C@@H](O)[C@@]2(C)F)c(=O)[nH]1. The molecule has 0 bridgehead atoms. The second-order valence-electron chi connectivity index (χ2n) is 9.63. The van der Waals surface area contributed by atoms with Gasteiger partial charge in [0.2, 0.25) is 0 Å². The largest absolute Gasteiger partial charge is 0.462 e. The summed E-state index contributed by atoms with van der Waals surface area (Å²) in [6.45, 7) is 3.92. The maximum Gasteiger partial charge on any atom is 0.323 e. The molecule has 1 saturated heterocycles. The zero-order valence-electron chi connectivity index (χ0n) is 22.0. The standard InChI is InChI=1S/C24H31FN5O7PS/c1-13(2)35-22(33)14(3)29-38(39,37-16-9-7-6-8-10-16)34-11-17-19(31)24(5,25)23(36-17)30-12-26-18-20(30)27-15(4)28-21(18)32/h6-10,12-14,17,19,23,31H,11H2,1-5H3,(H,29,39)(H,27,28,32)/t14?,17-,19-,23-,24-,38?/m1/s1. The molecule has 0 aliphatic carbocycles. The first-order valence-electron chi connectivity index (χ1n) is 12.2. The first-order chi connectivity index (χ1) is 18.3. The number of para-hydroxylation sites is 1. The van der Waals surface area contributed by atoms with E-state index >= 15 is 4.39 Å². The number of aromatic amines is 1. The molecule has 1 aliphatic heterocycles. The number of aliphatic hydroxyl groups excluding tert-OH is 1. The Morgan fingerprint density at radius 1 is 1.36 bits per heavy atom. The number of rotatable bonds is 10. The van der Waals surface area contributed by atoms with Crippen LogP contribution in [-0.4, -0.2) is 67.2 Å². The van der Waals surface area contributed by atoms with Gasteiger partial charge < -0.3 is 28.6 Å². The Bertz CT molecular complexity index is 1430. The van der Waals surface area contributed by atoms with Crippen LogP contribution in [0.2, 0.25) is 0 Å². The molecule has 0 saturated carbocycles. The first kappa shape index (κ1) is 29.2. The van der Waals surface area contributed by atoms with Crippen LogP contribution in [0.4, 0.5) is 4.39 Å². The number of ether oxygens (including phenoxy) is 2. The van der Waals surface area contributed by atoms with Gasteiger partial charge in [-0.2, -0.15) is 0 Å². The molecule has 2 aromatic heterocycles. The predicted octanol–water partition coefficient (Wildman–Crippen LogP) is 2.66. The van der Waals surface area contributed by atoms with Crippen molar-refractivity contribution >= 4 is 35.6 Å². The Balaban J connectivity index is 1.56. The van der Waals surface area contributed by atoms with Crippen molar-refractivity contribution in [3.8, 4) is 5.75 Å². The van der Waals surface area contributed by atoms with Crippen LogP contribution in [0, 0.1) is 6.92 Å². The van der Waals surface area contributed by atoms with Gasteiger partial charge in [-0.15, -0.1) is 0 Å². The molecule has 3 aromatic rings. The van der Waals surface area contributed by atoms with Gasteiger partial charge in [-0.25, -0.2) is 19.4 Å². The fourth-order valence-corrected chi connectivity index (χ4v) is 6.48. The van der Waals surface area contributed by atoms with Crippen LogP contribution >= 0.6 is 6.64 Å².